The van der Waals surface area contributed by atoms with E-state index in [2.05, 4.69) is 36.6 Å². The molecule has 108 valence electrons. The maximum Gasteiger partial charge on any atom is 0.0888 e. The number of hydrogen-bond donors (Lipinski definition) is 2. The SMILES string of the molecule is CC1CCCC(C(NN)c2nn(C)c3ccccc23)C1. The smallest absolute Gasteiger partial charge is 0.0888 e. The van der Waals surface area contributed by atoms with Crippen LogP contribution in [0.3, 0.4) is 0 Å². The van der Waals surface area contributed by atoms with E-state index in [4.69, 9.17) is 10.9 Å². The Morgan fingerprint density at radius 2 is 2.15 bits per heavy atom. The van der Waals surface area contributed by atoms with E-state index in [0.29, 0.717) is 5.92 Å². The fraction of sp³-hybridized carbons (Fsp3) is 0.562. The van der Waals surface area contributed by atoms with Crippen LogP contribution in [0.25, 0.3) is 10.9 Å². The van der Waals surface area contributed by atoms with Gasteiger partial charge in [0, 0.05) is 12.4 Å². The highest BCUT2D eigenvalue weighted by atomic mass is 15.3. The zero-order valence-electron chi connectivity index (χ0n) is 12.3. The van der Waals surface area contributed by atoms with Crippen molar-refractivity contribution in [3.8, 4) is 0 Å². The molecule has 0 saturated heterocycles. The summed E-state index contributed by atoms with van der Waals surface area (Å²) in [7, 11) is 2.00. The number of hydrazine groups is 1. The van der Waals surface area contributed by atoms with Gasteiger partial charge in [0.05, 0.1) is 17.3 Å². The number of aromatic nitrogens is 2. The normalized spacial score (nSPS) is 24.9. The lowest BCUT2D eigenvalue weighted by molar-refractivity contribution is 0.222. The Hall–Kier alpha value is -1.39. The van der Waals surface area contributed by atoms with Crippen molar-refractivity contribution in [1.29, 1.82) is 0 Å². The second-order valence-electron chi connectivity index (χ2n) is 6.20. The molecule has 1 aliphatic carbocycles. The van der Waals surface area contributed by atoms with E-state index in [1.54, 1.807) is 0 Å². The maximum atomic E-state index is 5.88. The Balaban J connectivity index is 1.99. The molecule has 2 aromatic rings. The molecule has 1 heterocycles. The zero-order valence-corrected chi connectivity index (χ0v) is 12.3. The van der Waals surface area contributed by atoms with Gasteiger partial charge in [-0.15, -0.1) is 0 Å². The number of benzene rings is 1. The fourth-order valence-electron chi connectivity index (χ4n) is 3.69. The second kappa shape index (κ2) is 5.54. The minimum atomic E-state index is 0.156. The number of para-hydroxylation sites is 1. The van der Waals surface area contributed by atoms with Gasteiger partial charge in [-0.25, -0.2) is 0 Å². The standard InChI is InChI=1S/C16H24N4/c1-11-6-5-7-12(10-11)15(18-17)16-13-8-3-4-9-14(13)20(2)19-16/h3-4,8-9,11-12,15,18H,5-7,10,17H2,1-2H3. The van der Waals surface area contributed by atoms with Gasteiger partial charge in [-0.05, 0) is 30.7 Å². The van der Waals surface area contributed by atoms with Gasteiger partial charge in [-0.2, -0.15) is 5.10 Å². The summed E-state index contributed by atoms with van der Waals surface area (Å²) in [5, 5.41) is 5.95. The molecule has 0 spiro atoms. The first-order chi connectivity index (χ1) is 9.70. The number of nitrogens with two attached hydrogens (primary N) is 1. The van der Waals surface area contributed by atoms with Crippen LogP contribution in [0.4, 0.5) is 0 Å². The molecule has 1 aliphatic rings. The molecule has 3 atom stereocenters. The van der Waals surface area contributed by atoms with Crippen molar-refractivity contribution in [2.75, 3.05) is 0 Å². The van der Waals surface area contributed by atoms with Crippen LogP contribution in [0, 0.1) is 11.8 Å². The van der Waals surface area contributed by atoms with Crippen molar-refractivity contribution >= 4 is 10.9 Å². The van der Waals surface area contributed by atoms with E-state index in [1.165, 1.54) is 36.6 Å². The minimum Gasteiger partial charge on any atom is -0.271 e. The Bertz CT molecular complexity index is 589. The largest absolute Gasteiger partial charge is 0.271 e. The average molecular weight is 272 g/mol. The fourth-order valence-corrected chi connectivity index (χ4v) is 3.69. The first-order valence-electron chi connectivity index (χ1n) is 7.58. The van der Waals surface area contributed by atoms with Crippen LogP contribution in [0.15, 0.2) is 24.3 Å². The lowest BCUT2D eigenvalue weighted by atomic mass is 9.77. The maximum absolute atomic E-state index is 5.88. The quantitative estimate of drug-likeness (QED) is 0.667. The summed E-state index contributed by atoms with van der Waals surface area (Å²) in [6.07, 6.45) is 5.12. The van der Waals surface area contributed by atoms with Crippen LogP contribution in [-0.4, -0.2) is 9.78 Å². The van der Waals surface area contributed by atoms with Gasteiger partial charge in [0.25, 0.3) is 0 Å². The molecule has 4 nitrogen and oxygen atoms in total. The summed E-state index contributed by atoms with van der Waals surface area (Å²) in [5.74, 6) is 7.26. The van der Waals surface area contributed by atoms with E-state index in [9.17, 15) is 0 Å². The molecule has 0 amide bonds. The van der Waals surface area contributed by atoms with Gasteiger partial charge >= 0.3 is 0 Å². The first-order valence-corrected chi connectivity index (χ1v) is 7.58. The summed E-state index contributed by atoms with van der Waals surface area (Å²) in [5.41, 5.74) is 5.31. The van der Waals surface area contributed by atoms with Gasteiger partial charge in [0.15, 0.2) is 0 Å². The number of rotatable bonds is 3. The zero-order chi connectivity index (χ0) is 14.1. The highest BCUT2D eigenvalue weighted by molar-refractivity contribution is 5.82. The van der Waals surface area contributed by atoms with Gasteiger partial charge in [0.2, 0.25) is 0 Å². The summed E-state index contributed by atoms with van der Waals surface area (Å²) in [6, 6.07) is 8.55. The Morgan fingerprint density at radius 3 is 2.90 bits per heavy atom. The van der Waals surface area contributed by atoms with Crippen molar-refractivity contribution in [2.45, 2.75) is 38.6 Å². The first kappa shape index (κ1) is 13.6. The van der Waals surface area contributed by atoms with E-state index in [0.717, 1.165) is 11.6 Å². The topological polar surface area (TPSA) is 55.9 Å². The van der Waals surface area contributed by atoms with Crippen molar-refractivity contribution in [1.82, 2.24) is 15.2 Å². The molecule has 1 saturated carbocycles. The molecule has 3 unspecified atom stereocenters. The number of nitrogens with zero attached hydrogens (tertiary/aromatic N) is 2. The van der Waals surface area contributed by atoms with E-state index in [1.807, 2.05) is 11.7 Å². The Kier molecular flexibility index (Phi) is 3.76. The third-order valence-electron chi connectivity index (χ3n) is 4.71. The van der Waals surface area contributed by atoms with Gasteiger partial charge in [-0.1, -0.05) is 38.0 Å². The van der Waals surface area contributed by atoms with E-state index < -0.39 is 0 Å². The van der Waals surface area contributed by atoms with Gasteiger partial charge in [-0.3, -0.25) is 16.0 Å². The van der Waals surface area contributed by atoms with Crippen LogP contribution < -0.4 is 11.3 Å². The highest BCUT2D eigenvalue weighted by Gasteiger charge is 2.30. The van der Waals surface area contributed by atoms with Gasteiger partial charge in [0.1, 0.15) is 0 Å². The highest BCUT2D eigenvalue weighted by Crippen LogP contribution is 2.38. The summed E-state index contributed by atoms with van der Waals surface area (Å²) >= 11 is 0. The van der Waals surface area contributed by atoms with Crippen LogP contribution in [0.5, 0.6) is 0 Å². The van der Waals surface area contributed by atoms with Crippen molar-refractivity contribution in [3.05, 3.63) is 30.0 Å². The predicted molar refractivity (Wildman–Crippen MR) is 81.9 cm³/mol. The molecule has 1 aromatic heterocycles. The summed E-state index contributed by atoms with van der Waals surface area (Å²) < 4.78 is 1.96. The molecule has 1 fully saturated rings. The van der Waals surface area contributed by atoms with Crippen molar-refractivity contribution < 1.29 is 0 Å². The van der Waals surface area contributed by atoms with E-state index >= 15 is 0 Å². The molecular formula is C16H24N4. The molecule has 0 aliphatic heterocycles. The van der Waals surface area contributed by atoms with Crippen molar-refractivity contribution in [2.24, 2.45) is 24.7 Å². The second-order valence-corrected chi connectivity index (χ2v) is 6.20. The minimum absolute atomic E-state index is 0.156. The number of aryl methyl sites for hydroxylation is 1. The summed E-state index contributed by atoms with van der Waals surface area (Å²) in [4.78, 5) is 0. The monoisotopic (exact) mass is 272 g/mol. The third-order valence-corrected chi connectivity index (χ3v) is 4.71. The molecule has 3 N–H and O–H groups in total. The van der Waals surface area contributed by atoms with Crippen LogP contribution >= 0.6 is 0 Å². The molecule has 3 rings (SSSR count). The predicted octanol–water partition coefficient (Wildman–Crippen LogP) is 2.90. The molecule has 1 aromatic carbocycles. The molecular weight excluding hydrogens is 248 g/mol. The molecule has 4 heteroatoms. The van der Waals surface area contributed by atoms with Crippen LogP contribution in [0.2, 0.25) is 0 Å². The molecule has 0 bridgehead atoms. The summed E-state index contributed by atoms with van der Waals surface area (Å²) in [6.45, 7) is 2.34. The number of hydrogen-bond acceptors (Lipinski definition) is 3. The van der Waals surface area contributed by atoms with E-state index in [-0.39, 0.29) is 6.04 Å². The molecule has 0 radical (unpaired) electrons. The average Bonchev–Trinajstić information content (AvgIpc) is 2.78. The molecule has 20 heavy (non-hydrogen) atoms. The van der Waals surface area contributed by atoms with Crippen molar-refractivity contribution in [3.63, 3.8) is 0 Å². The van der Waals surface area contributed by atoms with Crippen LogP contribution in [0.1, 0.15) is 44.3 Å². The van der Waals surface area contributed by atoms with Crippen LogP contribution in [-0.2, 0) is 7.05 Å². The lowest BCUT2D eigenvalue weighted by Crippen LogP contribution is -2.36. The Morgan fingerprint density at radius 1 is 1.35 bits per heavy atom. The number of fused-ring (bicyclic) bond motifs is 1. The lowest BCUT2D eigenvalue weighted by Gasteiger charge is -2.32. The Labute approximate surface area is 120 Å². The van der Waals surface area contributed by atoms with Gasteiger partial charge < -0.3 is 0 Å². The third kappa shape index (κ3) is 2.34. The number of nitrogens with one attached hydrogen (secondary N) is 1.